The molecule has 4 rings (SSSR count). The van der Waals surface area contributed by atoms with Gasteiger partial charge in [0.2, 0.25) is 0 Å². The zero-order chi connectivity index (χ0) is 26.5. The average molecular weight is 502 g/mol. The highest BCUT2D eigenvalue weighted by Crippen LogP contribution is 2.68. The van der Waals surface area contributed by atoms with E-state index in [1.807, 2.05) is 20.8 Å². The molecule has 0 spiro atoms. The van der Waals surface area contributed by atoms with E-state index in [1.54, 1.807) is 0 Å². The maximum Gasteiger partial charge on any atom is 0.407 e. The molecule has 0 aromatic carbocycles. The lowest BCUT2D eigenvalue weighted by atomic mass is 9.43. The van der Waals surface area contributed by atoms with E-state index >= 15 is 0 Å². The van der Waals surface area contributed by atoms with E-state index in [9.17, 15) is 9.59 Å². The summed E-state index contributed by atoms with van der Waals surface area (Å²) >= 11 is 0. The van der Waals surface area contributed by atoms with E-state index in [4.69, 9.17) is 4.74 Å². The minimum absolute atomic E-state index is 0.119. The fourth-order valence-corrected chi connectivity index (χ4v) is 9.69. The number of carbonyl (C=O) groups is 2. The van der Waals surface area contributed by atoms with Crippen LogP contribution in [0, 0.1) is 52.3 Å². The molecule has 4 fully saturated rings. The van der Waals surface area contributed by atoms with Crippen molar-refractivity contribution in [1.29, 1.82) is 0 Å². The Morgan fingerprint density at radius 1 is 1.03 bits per heavy atom. The molecule has 4 aliphatic rings. The van der Waals surface area contributed by atoms with Gasteiger partial charge in [0.25, 0.3) is 0 Å². The quantitative estimate of drug-likeness (QED) is 0.399. The third-order valence-corrected chi connectivity index (χ3v) is 11.4. The van der Waals surface area contributed by atoms with Crippen molar-refractivity contribution in [2.75, 3.05) is 0 Å². The maximum atomic E-state index is 13.0. The summed E-state index contributed by atoms with van der Waals surface area (Å²) in [6, 6.07) is 0.119. The van der Waals surface area contributed by atoms with Crippen molar-refractivity contribution >= 4 is 11.9 Å². The number of hydrogen-bond donors (Lipinski definition) is 1. The van der Waals surface area contributed by atoms with Gasteiger partial charge in [-0.25, -0.2) is 4.79 Å². The Bertz CT molecular complexity index is 815. The van der Waals surface area contributed by atoms with Gasteiger partial charge in [-0.15, -0.1) is 0 Å². The average Bonchev–Trinajstić information content (AvgIpc) is 3.10. The standard InChI is InChI=1S/C32H55NO3/c1-20(2)10-9-11-21(3)24-12-13-25-28-26(15-17-32(24,25)8)31(7)16-14-23(34)18-22(31)19-27(28)33-29(35)36-30(4,5)6/h20-22,24-28H,9-19H2,1-8H3,(H,33,35)/t21-,22?,24-,25+,26+,27?,28+,31+,32-/m1/s1. The molecular weight excluding hydrogens is 446 g/mol. The summed E-state index contributed by atoms with van der Waals surface area (Å²) in [6.07, 6.45) is 12.4. The van der Waals surface area contributed by atoms with Crippen molar-refractivity contribution in [2.45, 2.75) is 138 Å². The number of alkyl carbamates (subject to hydrolysis) is 1. The Morgan fingerprint density at radius 2 is 1.72 bits per heavy atom. The second kappa shape index (κ2) is 10.3. The summed E-state index contributed by atoms with van der Waals surface area (Å²) in [6.45, 7) is 18.1. The van der Waals surface area contributed by atoms with Gasteiger partial charge in [0, 0.05) is 18.9 Å². The van der Waals surface area contributed by atoms with Crippen LogP contribution in [0.25, 0.3) is 0 Å². The van der Waals surface area contributed by atoms with Crippen LogP contribution in [-0.2, 0) is 9.53 Å². The largest absolute Gasteiger partial charge is 0.444 e. The van der Waals surface area contributed by atoms with Crippen molar-refractivity contribution in [3.05, 3.63) is 0 Å². The van der Waals surface area contributed by atoms with Gasteiger partial charge in [-0.3, -0.25) is 4.79 Å². The van der Waals surface area contributed by atoms with Crippen LogP contribution in [0.1, 0.15) is 126 Å². The summed E-state index contributed by atoms with van der Waals surface area (Å²) in [4.78, 5) is 25.5. The van der Waals surface area contributed by atoms with Gasteiger partial charge in [-0.2, -0.15) is 0 Å². The Labute approximate surface area is 221 Å². The third-order valence-electron chi connectivity index (χ3n) is 11.4. The molecule has 0 radical (unpaired) electrons. The maximum absolute atomic E-state index is 13.0. The molecule has 1 amide bonds. The molecule has 4 aliphatic carbocycles. The number of ketones is 1. The molecule has 4 nitrogen and oxygen atoms in total. The number of nitrogens with one attached hydrogen (secondary N) is 1. The number of ether oxygens (including phenoxy) is 1. The second-order valence-electron chi connectivity index (χ2n) is 15.3. The van der Waals surface area contributed by atoms with E-state index in [2.05, 4.69) is 39.9 Å². The van der Waals surface area contributed by atoms with Crippen LogP contribution in [0.15, 0.2) is 0 Å². The molecule has 1 N–H and O–H groups in total. The first-order chi connectivity index (χ1) is 16.7. The molecule has 4 heteroatoms. The predicted molar refractivity (Wildman–Crippen MR) is 147 cm³/mol. The number of carbonyl (C=O) groups excluding carboxylic acids is 2. The SMILES string of the molecule is CC(C)CCC[C@@H](C)[C@H]1CC[C@H]2[C@@H]3C(NC(=O)OC(C)(C)C)CC4CC(=O)CC[C@]4(C)[C@H]3CC[C@]12C. The van der Waals surface area contributed by atoms with Crippen molar-refractivity contribution in [3.63, 3.8) is 0 Å². The van der Waals surface area contributed by atoms with E-state index in [1.165, 1.54) is 44.9 Å². The number of Topliss-reactive ketones (excluding diaryl/α,β-unsaturated/α-hetero) is 1. The zero-order valence-electron chi connectivity index (χ0n) is 24.6. The molecule has 206 valence electrons. The van der Waals surface area contributed by atoms with Gasteiger partial charge in [0.1, 0.15) is 11.4 Å². The molecular formula is C32H55NO3. The van der Waals surface area contributed by atoms with Gasteiger partial charge in [-0.05, 0) is 112 Å². The Morgan fingerprint density at radius 3 is 2.39 bits per heavy atom. The van der Waals surface area contributed by atoms with E-state index in [0.717, 1.165) is 37.0 Å². The number of fused-ring (bicyclic) bond motifs is 5. The fourth-order valence-electron chi connectivity index (χ4n) is 9.69. The minimum Gasteiger partial charge on any atom is -0.444 e. The summed E-state index contributed by atoms with van der Waals surface area (Å²) in [7, 11) is 0. The first-order valence-electron chi connectivity index (χ1n) is 15.3. The van der Waals surface area contributed by atoms with Crippen LogP contribution >= 0.6 is 0 Å². The Kier molecular flexibility index (Phi) is 7.96. The summed E-state index contributed by atoms with van der Waals surface area (Å²) in [5.41, 5.74) is 0.0887. The van der Waals surface area contributed by atoms with Crippen LogP contribution in [0.5, 0.6) is 0 Å². The normalized spacial score (nSPS) is 41.3. The second-order valence-corrected chi connectivity index (χ2v) is 15.3. The molecule has 0 bridgehead atoms. The highest BCUT2D eigenvalue weighted by atomic mass is 16.6. The van der Waals surface area contributed by atoms with Crippen molar-refractivity contribution in [3.8, 4) is 0 Å². The molecule has 0 aromatic heterocycles. The molecule has 36 heavy (non-hydrogen) atoms. The molecule has 2 unspecified atom stereocenters. The monoisotopic (exact) mass is 501 g/mol. The smallest absolute Gasteiger partial charge is 0.407 e. The summed E-state index contributed by atoms with van der Waals surface area (Å²) < 4.78 is 5.74. The van der Waals surface area contributed by atoms with Crippen molar-refractivity contribution in [2.24, 2.45) is 52.3 Å². The van der Waals surface area contributed by atoms with Gasteiger partial charge < -0.3 is 10.1 Å². The lowest BCUT2D eigenvalue weighted by molar-refractivity contribution is -0.145. The van der Waals surface area contributed by atoms with Crippen LogP contribution in [-0.4, -0.2) is 23.5 Å². The van der Waals surface area contributed by atoms with Crippen LogP contribution in [0.4, 0.5) is 4.79 Å². The first-order valence-corrected chi connectivity index (χ1v) is 15.3. The topological polar surface area (TPSA) is 55.4 Å². The number of amides is 1. The summed E-state index contributed by atoms with van der Waals surface area (Å²) in [5.74, 6) is 4.90. The molecule has 0 aromatic rings. The van der Waals surface area contributed by atoms with Crippen molar-refractivity contribution in [1.82, 2.24) is 5.32 Å². The lowest BCUT2D eigenvalue weighted by Gasteiger charge is -2.62. The molecule has 0 aliphatic heterocycles. The minimum atomic E-state index is -0.502. The molecule has 4 saturated carbocycles. The highest BCUT2D eigenvalue weighted by Gasteiger charge is 2.63. The highest BCUT2D eigenvalue weighted by molar-refractivity contribution is 5.79. The van der Waals surface area contributed by atoms with Gasteiger partial charge >= 0.3 is 6.09 Å². The molecule has 9 atom stereocenters. The van der Waals surface area contributed by atoms with E-state index < -0.39 is 5.60 Å². The lowest BCUT2D eigenvalue weighted by Crippen LogP contribution is -2.62. The first kappa shape index (κ1) is 28.0. The molecule has 0 saturated heterocycles. The van der Waals surface area contributed by atoms with Crippen LogP contribution in [0.2, 0.25) is 0 Å². The van der Waals surface area contributed by atoms with Gasteiger partial charge in [0.05, 0.1) is 0 Å². The predicted octanol–water partition coefficient (Wildman–Crippen LogP) is 8.18. The van der Waals surface area contributed by atoms with Gasteiger partial charge in [0.15, 0.2) is 0 Å². The van der Waals surface area contributed by atoms with Crippen molar-refractivity contribution < 1.29 is 14.3 Å². The molecule has 0 heterocycles. The number of hydrogen-bond acceptors (Lipinski definition) is 3. The van der Waals surface area contributed by atoms with E-state index in [0.29, 0.717) is 41.3 Å². The zero-order valence-corrected chi connectivity index (χ0v) is 24.6. The van der Waals surface area contributed by atoms with Crippen LogP contribution < -0.4 is 5.32 Å². The number of rotatable bonds is 6. The van der Waals surface area contributed by atoms with Crippen LogP contribution in [0.3, 0.4) is 0 Å². The third kappa shape index (κ3) is 5.39. The fraction of sp³-hybridized carbons (Fsp3) is 0.938. The Hall–Kier alpha value is -1.06. The van der Waals surface area contributed by atoms with E-state index in [-0.39, 0.29) is 17.6 Å². The summed E-state index contributed by atoms with van der Waals surface area (Å²) in [5, 5.41) is 3.39. The Balaban J connectivity index is 1.59. The van der Waals surface area contributed by atoms with Gasteiger partial charge in [-0.1, -0.05) is 53.9 Å².